The van der Waals surface area contributed by atoms with Gasteiger partial charge in [-0.15, -0.1) is 0 Å². The minimum absolute atomic E-state index is 0.370. The summed E-state index contributed by atoms with van der Waals surface area (Å²) in [5.74, 6) is 0. The van der Waals surface area contributed by atoms with Crippen LogP contribution in [0.2, 0.25) is 5.02 Å². The Labute approximate surface area is 126 Å². The third-order valence-electron chi connectivity index (χ3n) is 3.46. The minimum atomic E-state index is -4.40. The number of halogens is 4. The van der Waals surface area contributed by atoms with E-state index in [1.165, 1.54) is 13.0 Å². The van der Waals surface area contributed by atoms with E-state index < -0.39 is 17.3 Å². The zero-order chi connectivity index (χ0) is 15.8. The summed E-state index contributed by atoms with van der Waals surface area (Å²) < 4.78 is 38.1. The molecule has 0 amide bonds. The second kappa shape index (κ2) is 5.35. The van der Waals surface area contributed by atoms with Crippen molar-refractivity contribution >= 4 is 11.6 Å². The van der Waals surface area contributed by atoms with Crippen LogP contribution in [0.1, 0.15) is 29.2 Å². The first-order valence-electron chi connectivity index (χ1n) is 6.29. The maximum absolute atomic E-state index is 12.7. The van der Waals surface area contributed by atoms with Crippen molar-refractivity contribution in [2.45, 2.75) is 25.6 Å². The van der Waals surface area contributed by atoms with Crippen LogP contribution < -0.4 is 0 Å². The fourth-order valence-corrected chi connectivity index (χ4v) is 2.52. The Morgan fingerprint density at radius 2 is 1.67 bits per heavy atom. The highest BCUT2D eigenvalue weighted by atomic mass is 35.5. The number of benzene rings is 2. The van der Waals surface area contributed by atoms with Gasteiger partial charge < -0.3 is 5.11 Å². The highest BCUT2D eigenvalue weighted by Crippen LogP contribution is 2.36. The second-order valence-corrected chi connectivity index (χ2v) is 5.55. The molecule has 1 nitrogen and oxygen atoms in total. The van der Waals surface area contributed by atoms with Crippen molar-refractivity contribution in [3.8, 4) is 0 Å². The van der Waals surface area contributed by atoms with Gasteiger partial charge in [0.05, 0.1) is 5.56 Å². The summed E-state index contributed by atoms with van der Waals surface area (Å²) in [6.45, 7) is 3.08. The molecule has 2 aromatic rings. The number of hydrogen-bond acceptors (Lipinski definition) is 1. The van der Waals surface area contributed by atoms with Crippen LogP contribution in [0.15, 0.2) is 42.5 Å². The fourth-order valence-electron chi connectivity index (χ4n) is 2.33. The van der Waals surface area contributed by atoms with Gasteiger partial charge in [0, 0.05) is 5.02 Å². The van der Waals surface area contributed by atoms with Crippen LogP contribution in [0.25, 0.3) is 0 Å². The first-order valence-corrected chi connectivity index (χ1v) is 6.67. The second-order valence-electron chi connectivity index (χ2n) is 5.11. The van der Waals surface area contributed by atoms with E-state index in [1.807, 2.05) is 0 Å². The van der Waals surface area contributed by atoms with Crippen molar-refractivity contribution in [2.24, 2.45) is 0 Å². The molecule has 2 rings (SSSR count). The lowest BCUT2D eigenvalue weighted by Crippen LogP contribution is -2.24. The van der Waals surface area contributed by atoms with Gasteiger partial charge in [0.2, 0.25) is 0 Å². The van der Waals surface area contributed by atoms with Gasteiger partial charge in [-0.05, 0) is 54.8 Å². The van der Waals surface area contributed by atoms with E-state index in [9.17, 15) is 18.3 Å². The molecule has 0 aliphatic rings. The number of aliphatic hydroxyl groups is 1. The number of alkyl halides is 3. The minimum Gasteiger partial charge on any atom is -0.381 e. The summed E-state index contributed by atoms with van der Waals surface area (Å²) in [4.78, 5) is 0. The predicted molar refractivity (Wildman–Crippen MR) is 76.3 cm³/mol. The monoisotopic (exact) mass is 314 g/mol. The third kappa shape index (κ3) is 3.22. The molecule has 21 heavy (non-hydrogen) atoms. The largest absolute Gasteiger partial charge is 0.416 e. The molecule has 0 radical (unpaired) electrons. The molecule has 0 aliphatic heterocycles. The summed E-state index contributed by atoms with van der Waals surface area (Å²) in [5.41, 5.74) is -0.838. The average Bonchev–Trinajstić information content (AvgIpc) is 2.37. The fraction of sp³-hybridized carbons (Fsp3) is 0.250. The van der Waals surface area contributed by atoms with E-state index in [0.29, 0.717) is 21.7 Å². The summed E-state index contributed by atoms with van der Waals surface area (Å²) in [6, 6.07) is 9.95. The zero-order valence-electron chi connectivity index (χ0n) is 11.5. The van der Waals surface area contributed by atoms with Gasteiger partial charge in [-0.1, -0.05) is 29.8 Å². The molecule has 0 aliphatic carbocycles. The normalized spacial score (nSPS) is 14.8. The van der Waals surface area contributed by atoms with E-state index >= 15 is 0 Å². The van der Waals surface area contributed by atoms with Crippen molar-refractivity contribution in [1.29, 1.82) is 0 Å². The molecule has 0 spiro atoms. The molecule has 112 valence electrons. The molecule has 1 N–H and O–H groups in total. The first-order chi connectivity index (χ1) is 9.62. The molecular formula is C16H14ClF3O. The first kappa shape index (κ1) is 15.9. The summed E-state index contributed by atoms with van der Waals surface area (Å²) >= 11 is 5.90. The Kier molecular flexibility index (Phi) is 4.04. The average molecular weight is 315 g/mol. The van der Waals surface area contributed by atoms with Crippen LogP contribution in [0, 0.1) is 6.92 Å². The topological polar surface area (TPSA) is 20.2 Å². The maximum atomic E-state index is 12.7. The lowest BCUT2D eigenvalue weighted by atomic mass is 9.85. The standard InChI is InChI=1S/C16H14ClF3O/c1-10-8-12(16(18,19)20)6-7-14(10)15(2,21)11-4-3-5-13(17)9-11/h3-9,21H,1-2H3. The smallest absolute Gasteiger partial charge is 0.381 e. The maximum Gasteiger partial charge on any atom is 0.416 e. The highest BCUT2D eigenvalue weighted by Gasteiger charge is 2.33. The summed E-state index contributed by atoms with van der Waals surface area (Å²) in [6.07, 6.45) is -4.40. The molecule has 1 unspecified atom stereocenters. The molecule has 0 bridgehead atoms. The number of aryl methyl sites for hydroxylation is 1. The van der Waals surface area contributed by atoms with Gasteiger partial charge in [-0.3, -0.25) is 0 Å². The summed E-state index contributed by atoms with van der Waals surface area (Å²) in [5, 5.41) is 11.2. The molecule has 0 saturated carbocycles. The lowest BCUT2D eigenvalue weighted by molar-refractivity contribution is -0.137. The van der Waals surface area contributed by atoms with Crippen LogP contribution >= 0.6 is 11.6 Å². The lowest BCUT2D eigenvalue weighted by Gasteiger charge is -2.27. The summed E-state index contributed by atoms with van der Waals surface area (Å²) in [7, 11) is 0. The Balaban J connectivity index is 2.50. The number of hydrogen-bond donors (Lipinski definition) is 1. The Morgan fingerprint density at radius 1 is 1.00 bits per heavy atom. The van der Waals surface area contributed by atoms with Crippen molar-refractivity contribution in [1.82, 2.24) is 0 Å². The Hall–Kier alpha value is -1.52. The van der Waals surface area contributed by atoms with Crippen LogP contribution in [0.5, 0.6) is 0 Å². The van der Waals surface area contributed by atoms with Crippen LogP contribution in [-0.2, 0) is 11.8 Å². The third-order valence-corrected chi connectivity index (χ3v) is 3.70. The highest BCUT2D eigenvalue weighted by molar-refractivity contribution is 6.30. The molecule has 2 aromatic carbocycles. The van der Waals surface area contributed by atoms with Gasteiger partial charge in [0.1, 0.15) is 5.60 Å². The van der Waals surface area contributed by atoms with Crippen LogP contribution in [0.4, 0.5) is 13.2 Å². The molecule has 1 atom stereocenters. The molecule has 0 saturated heterocycles. The molecule has 0 fully saturated rings. The molecule has 5 heteroatoms. The Bertz CT molecular complexity index is 663. The van der Waals surface area contributed by atoms with E-state index in [0.717, 1.165) is 12.1 Å². The van der Waals surface area contributed by atoms with E-state index in [1.54, 1.807) is 31.2 Å². The molecular weight excluding hydrogens is 301 g/mol. The SMILES string of the molecule is Cc1cc(C(F)(F)F)ccc1C(C)(O)c1cccc(Cl)c1. The van der Waals surface area contributed by atoms with Crippen molar-refractivity contribution in [3.63, 3.8) is 0 Å². The van der Waals surface area contributed by atoms with Crippen LogP contribution in [-0.4, -0.2) is 5.11 Å². The molecule has 0 heterocycles. The van der Waals surface area contributed by atoms with E-state index in [2.05, 4.69) is 0 Å². The van der Waals surface area contributed by atoms with E-state index in [4.69, 9.17) is 11.6 Å². The van der Waals surface area contributed by atoms with Gasteiger partial charge in [0.25, 0.3) is 0 Å². The number of rotatable bonds is 2. The van der Waals surface area contributed by atoms with Crippen molar-refractivity contribution in [2.75, 3.05) is 0 Å². The van der Waals surface area contributed by atoms with Gasteiger partial charge in [-0.2, -0.15) is 13.2 Å². The van der Waals surface area contributed by atoms with Gasteiger partial charge in [-0.25, -0.2) is 0 Å². The Morgan fingerprint density at radius 3 is 2.19 bits per heavy atom. The van der Waals surface area contributed by atoms with Gasteiger partial charge >= 0.3 is 6.18 Å². The van der Waals surface area contributed by atoms with Crippen molar-refractivity contribution < 1.29 is 18.3 Å². The van der Waals surface area contributed by atoms with E-state index in [-0.39, 0.29) is 0 Å². The van der Waals surface area contributed by atoms with Gasteiger partial charge in [0.15, 0.2) is 0 Å². The van der Waals surface area contributed by atoms with Crippen molar-refractivity contribution in [3.05, 3.63) is 69.7 Å². The van der Waals surface area contributed by atoms with Crippen LogP contribution in [0.3, 0.4) is 0 Å². The quantitative estimate of drug-likeness (QED) is 0.834. The predicted octanol–water partition coefficient (Wildman–Crippen LogP) is 4.92. The molecule has 0 aromatic heterocycles. The zero-order valence-corrected chi connectivity index (χ0v) is 12.3.